The van der Waals surface area contributed by atoms with Gasteiger partial charge in [0.1, 0.15) is 5.82 Å². The zero-order valence-corrected chi connectivity index (χ0v) is 15.9. The molecular formula is C22H20FN5O. The largest absolute Gasteiger partial charge is 0.476 e. The lowest BCUT2D eigenvalue weighted by atomic mass is 10.1. The quantitative estimate of drug-likeness (QED) is 0.475. The van der Waals surface area contributed by atoms with Crippen molar-refractivity contribution < 1.29 is 9.13 Å². The molecule has 4 aromatic rings. The van der Waals surface area contributed by atoms with Crippen molar-refractivity contribution in [2.75, 3.05) is 17.7 Å². The van der Waals surface area contributed by atoms with E-state index < -0.39 is 0 Å². The van der Waals surface area contributed by atoms with Crippen LogP contribution in [0.1, 0.15) is 12.5 Å². The van der Waals surface area contributed by atoms with Crippen molar-refractivity contribution in [3.05, 3.63) is 72.0 Å². The summed E-state index contributed by atoms with van der Waals surface area (Å²) in [7, 11) is 0. The zero-order valence-electron chi connectivity index (χ0n) is 15.9. The number of hydrogen-bond donors (Lipinski definition) is 2. The summed E-state index contributed by atoms with van der Waals surface area (Å²) in [5.74, 6) is 0.570. The first kappa shape index (κ1) is 18.6. The number of rotatable bonds is 6. The molecular weight excluding hydrogens is 369 g/mol. The number of halogens is 1. The molecule has 0 spiro atoms. The number of nitrogens with zero attached hydrogens (tertiary/aromatic N) is 3. The summed E-state index contributed by atoms with van der Waals surface area (Å²) >= 11 is 0. The number of pyridine rings is 1. The van der Waals surface area contributed by atoms with E-state index in [9.17, 15) is 4.39 Å². The van der Waals surface area contributed by atoms with Crippen LogP contribution in [0.5, 0.6) is 5.88 Å². The van der Waals surface area contributed by atoms with Crippen LogP contribution in [-0.4, -0.2) is 21.6 Å². The van der Waals surface area contributed by atoms with E-state index in [0.717, 1.165) is 16.8 Å². The number of benzene rings is 2. The molecule has 0 radical (unpaired) electrons. The number of nitrogen functional groups attached to an aromatic ring is 1. The van der Waals surface area contributed by atoms with Gasteiger partial charge in [0.15, 0.2) is 5.52 Å². The van der Waals surface area contributed by atoms with Gasteiger partial charge in [0.2, 0.25) is 11.8 Å². The molecule has 0 bridgehead atoms. The topological polar surface area (TPSA) is 86.0 Å². The maximum atomic E-state index is 13.1. The predicted molar refractivity (Wildman–Crippen MR) is 112 cm³/mol. The van der Waals surface area contributed by atoms with Crippen LogP contribution in [0.2, 0.25) is 0 Å². The van der Waals surface area contributed by atoms with Gasteiger partial charge in [-0.2, -0.15) is 4.98 Å². The number of nitrogens with two attached hydrogens (primary N) is 1. The fourth-order valence-corrected chi connectivity index (χ4v) is 2.90. The molecule has 0 aliphatic carbocycles. The molecule has 0 aliphatic rings. The van der Waals surface area contributed by atoms with Gasteiger partial charge in [-0.1, -0.05) is 24.3 Å². The molecule has 0 saturated heterocycles. The van der Waals surface area contributed by atoms with Crippen molar-refractivity contribution >= 4 is 22.7 Å². The minimum absolute atomic E-state index is 0.266. The predicted octanol–water partition coefficient (Wildman–Crippen LogP) is 4.42. The van der Waals surface area contributed by atoms with E-state index in [1.165, 1.54) is 12.1 Å². The minimum atomic E-state index is -0.266. The molecule has 3 N–H and O–H groups in total. The molecule has 6 nitrogen and oxygen atoms in total. The minimum Gasteiger partial charge on any atom is -0.476 e. The van der Waals surface area contributed by atoms with E-state index in [-0.39, 0.29) is 5.82 Å². The van der Waals surface area contributed by atoms with Crippen LogP contribution in [0.15, 0.2) is 60.7 Å². The van der Waals surface area contributed by atoms with E-state index >= 15 is 0 Å². The van der Waals surface area contributed by atoms with Crippen LogP contribution in [0.3, 0.4) is 0 Å². The second-order valence-electron chi connectivity index (χ2n) is 6.45. The Balaban J connectivity index is 1.66. The molecule has 146 valence electrons. The lowest BCUT2D eigenvalue weighted by molar-refractivity contribution is 0.330. The Hall–Kier alpha value is -3.74. The van der Waals surface area contributed by atoms with E-state index in [4.69, 9.17) is 15.5 Å². The number of anilines is 2. The number of aromatic nitrogens is 3. The van der Waals surface area contributed by atoms with Crippen molar-refractivity contribution in [2.24, 2.45) is 0 Å². The average Bonchev–Trinajstić information content (AvgIpc) is 2.74. The van der Waals surface area contributed by atoms with Crippen LogP contribution < -0.4 is 15.8 Å². The van der Waals surface area contributed by atoms with Gasteiger partial charge in [0, 0.05) is 17.8 Å². The molecule has 0 aliphatic heterocycles. The van der Waals surface area contributed by atoms with Crippen molar-refractivity contribution in [1.82, 2.24) is 15.0 Å². The highest BCUT2D eigenvalue weighted by Crippen LogP contribution is 2.27. The number of fused-ring (bicyclic) bond motifs is 1. The fraction of sp³-hybridized carbons (Fsp3) is 0.136. The zero-order chi connectivity index (χ0) is 20.2. The number of hydrogen-bond acceptors (Lipinski definition) is 6. The van der Waals surface area contributed by atoms with Crippen LogP contribution in [0.4, 0.5) is 16.0 Å². The third kappa shape index (κ3) is 4.24. The molecule has 2 heterocycles. The van der Waals surface area contributed by atoms with Gasteiger partial charge in [-0.25, -0.2) is 14.4 Å². The Morgan fingerprint density at radius 3 is 2.41 bits per heavy atom. The van der Waals surface area contributed by atoms with Gasteiger partial charge in [0.05, 0.1) is 17.8 Å². The molecule has 29 heavy (non-hydrogen) atoms. The van der Waals surface area contributed by atoms with Gasteiger partial charge in [-0.3, -0.25) is 0 Å². The highest BCUT2D eigenvalue weighted by molar-refractivity contribution is 5.83. The normalized spacial score (nSPS) is 10.8. The standard InChI is InChI=1S/C22H20FN5O/c1-2-29-21-20-19(12-11-18(26-20)15-5-9-17(24)10-6-15)27-22(28-21)25-13-14-3-7-16(23)8-4-14/h3-12H,2,13,24H2,1H3,(H,25,27,28). The molecule has 0 amide bonds. The molecule has 2 aromatic heterocycles. The smallest absolute Gasteiger partial charge is 0.245 e. The van der Waals surface area contributed by atoms with Crippen LogP contribution in [0, 0.1) is 5.82 Å². The first-order chi connectivity index (χ1) is 14.1. The third-order valence-corrected chi connectivity index (χ3v) is 4.36. The Morgan fingerprint density at radius 2 is 1.69 bits per heavy atom. The van der Waals surface area contributed by atoms with Crippen molar-refractivity contribution in [1.29, 1.82) is 0 Å². The van der Waals surface area contributed by atoms with Gasteiger partial charge in [-0.15, -0.1) is 0 Å². The van der Waals surface area contributed by atoms with E-state index in [1.54, 1.807) is 12.1 Å². The van der Waals surface area contributed by atoms with Gasteiger partial charge < -0.3 is 15.8 Å². The molecule has 0 saturated carbocycles. The Kier molecular flexibility index (Phi) is 5.20. The van der Waals surface area contributed by atoms with E-state index in [2.05, 4.69) is 15.3 Å². The summed E-state index contributed by atoms with van der Waals surface area (Å²) in [4.78, 5) is 13.7. The summed E-state index contributed by atoms with van der Waals surface area (Å²) in [6, 6.07) is 17.6. The molecule has 0 atom stereocenters. The van der Waals surface area contributed by atoms with E-state index in [1.807, 2.05) is 43.3 Å². The highest BCUT2D eigenvalue weighted by Gasteiger charge is 2.12. The summed E-state index contributed by atoms with van der Waals surface area (Å²) < 4.78 is 18.8. The lowest BCUT2D eigenvalue weighted by Crippen LogP contribution is -2.07. The van der Waals surface area contributed by atoms with E-state index in [0.29, 0.717) is 41.7 Å². The summed E-state index contributed by atoms with van der Waals surface area (Å²) in [5.41, 5.74) is 10.4. The molecule has 4 rings (SSSR count). The molecule has 0 unspecified atom stereocenters. The summed E-state index contributed by atoms with van der Waals surface area (Å²) in [6.07, 6.45) is 0. The SMILES string of the molecule is CCOc1nc(NCc2ccc(F)cc2)nc2ccc(-c3ccc(N)cc3)nc12. The summed E-state index contributed by atoms with van der Waals surface area (Å²) in [6.45, 7) is 2.81. The van der Waals surface area contributed by atoms with Gasteiger partial charge in [-0.05, 0) is 48.9 Å². The van der Waals surface area contributed by atoms with Crippen LogP contribution in [0.25, 0.3) is 22.3 Å². The Labute approximate surface area is 167 Å². The van der Waals surface area contributed by atoms with Crippen molar-refractivity contribution in [2.45, 2.75) is 13.5 Å². The van der Waals surface area contributed by atoms with Crippen molar-refractivity contribution in [3.63, 3.8) is 0 Å². The molecule has 0 fully saturated rings. The third-order valence-electron chi connectivity index (χ3n) is 4.36. The lowest BCUT2D eigenvalue weighted by Gasteiger charge is -2.11. The molecule has 7 heteroatoms. The van der Waals surface area contributed by atoms with Crippen molar-refractivity contribution in [3.8, 4) is 17.1 Å². The maximum absolute atomic E-state index is 13.1. The Morgan fingerprint density at radius 1 is 0.931 bits per heavy atom. The van der Waals surface area contributed by atoms with Gasteiger partial charge in [0.25, 0.3) is 0 Å². The first-order valence-electron chi connectivity index (χ1n) is 9.28. The first-order valence-corrected chi connectivity index (χ1v) is 9.28. The van der Waals surface area contributed by atoms with Gasteiger partial charge >= 0.3 is 0 Å². The second-order valence-corrected chi connectivity index (χ2v) is 6.45. The summed E-state index contributed by atoms with van der Waals surface area (Å²) in [5, 5.41) is 3.16. The maximum Gasteiger partial charge on any atom is 0.245 e. The number of ether oxygens (including phenoxy) is 1. The average molecular weight is 389 g/mol. The monoisotopic (exact) mass is 389 g/mol. The van der Waals surface area contributed by atoms with Crippen LogP contribution >= 0.6 is 0 Å². The Bertz CT molecular complexity index is 1130. The second kappa shape index (κ2) is 8.10. The molecule has 2 aromatic carbocycles. The van der Waals surface area contributed by atoms with Crippen LogP contribution in [-0.2, 0) is 6.54 Å². The number of nitrogens with one attached hydrogen (secondary N) is 1. The fourth-order valence-electron chi connectivity index (χ4n) is 2.90. The highest BCUT2D eigenvalue weighted by atomic mass is 19.1.